The lowest BCUT2D eigenvalue weighted by Crippen LogP contribution is -2.48. The number of pyridine rings is 1. The number of aromatic nitrogens is 3. The average molecular weight is 457 g/mol. The standard InChI is InChI=1S/C19H22F3N5O3S/c1-18(20,21)16-4-3-15(12-23-16)31(29,30)19(2,22)13-6-9-27(10-7-13)17(28)26-14-5-8-24-25-11-14/h3-5,8,11-13H,6-7,9-10H2,1-2H3,(H,24,26,28). The van der Waals surface area contributed by atoms with Gasteiger partial charge in [-0.3, -0.25) is 4.98 Å². The summed E-state index contributed by atoms with van der Waals surface area (Å²) in [5.74, 6) is -4.11. The molecule has 3 heterocycles. The number of likely N-dealkylation sites (tertiary alicyclic amines) is 1. The van der Waals surface area contributed by atoms with Crippen LogP contribution in [0.2, 0.25) is 0 Å². The van der Waals surface area contributed by atoms with Gasteiger partial charge in [-0.05, 0) is 38.0 Å². The van der Waals surface area contributed by atoms with Crippen LogP contribution in [0.25, 0.3) is 0 Å². The van der Waals surface area contributed by atoms with Crippen molar-refractivity contribution in [1.82, 2.24) is 20.1 Å². The second-order valence-corrected chi connectivity index (χ2v) is 9.86. The number of nitrogens with zero attached hydrogens (tertiary/aromatic N) is 4. The van der Waals surface area contributed by atoms with Gasteiger partial charge < -0.3 is 10.2 Å². The fraction of sp³-hybridized carbons (Fsp3) is 0.474. The number of halogens is 3. The summed E-state index contributed by atoms with van der Waals surface area (Å²) in [6, 6.07) is 2.98. The number of rotatable bonds is 5. The van der Waals surface area contributed by atoms with Crippen LogP contribution in [0.1, 0.15) is 32.4 Å². The number of amides is 2. The Morgan fingerprint density at radius 1 is 1.10 bits per heavy atom. The first-order valence-corrected chi connectivity index (χ1v) is 11.0. The van der Waals surface area contributed by atoms with E-state index >= 15 is 4.39 Å². The van der Waals surface area contributed by atoms with E-state index in [4.69, 9.17) is 0 Å². The maximum atomic E-state index is 15.6. The van der Waals surface area contributed by atoms with Crippen LogP contribution < -0.4 is 5.32 Å². The van der Waals surface area contributed by atoms with Crippen molar-refractivity contribution in [3.05, 3.63) is 42.5 Å². The summed E-state index contributed by atoms with van der Waals surface area (Å²) in [4.78, 5) is 16.8. The lowest BCUT2D eigenvalue weighted by molar-refractivity contribution is 0.0126. The van der Waals surface area contributed by atoms with Crippen LogP contribution in [0, 0.1) is 5.92 Å². The number of carbonyl (C=O) groups excluding carboxylic acids is 1. The Bertz CT molecular complexity index is 1020. The molecule has 0 radical (unpaired) electrons. The third-order valence-electron chi connectivity index (χ3n) is 5.37. The van der Waals surface area contributed by atoms with Gasteiger partial charge >= 0.3 is 6.03 Å². The van der Waals surface area contributed by atoms with Gasteiger partial charge in [-0.25, -0.2) is 17.6 Å². The van der Waals surface area contributed by atoms with Gasteiger partial charge in [0.25, 0.3) is 5.92 Å². The molecule has 168 valence electrons. The van der Waals surface area contributed by atoms with Gasteiger partial charge in [0.1, 0.15) is 5.69 Å². The van der Waals surface area contributed by atoms with Crippen molar-refractivity contribution in [3.63, 3.8) is 0 Å². The number of piperidine rings is 1. The molecular weight excluding hydrogens is 435 g/mol. The second kappa shape index (κ2) is 8.40. The van der Waals surface area contributed by atoms with Crippen LogP contribution in [0.5, 0.6) is 0 Å². The van der Waals surface area contributed by atoms with Crippen molar-refractivity contribution in [2.75, 3.05) is 18.4 Å². The third kappa shape index (κ3) is 4.78. The van der Waals surface area contributed by atoms with E-state index in [2.05, 4.69) is 20.5 Å². The van der Waals surface area contributed by atoms with E-state index in [0.717, 1.165) is 25.3 Å². The summed E-state index contributed by atoms with van der Waals surface area (Å²) < 4.78 is 67.9. The Labute approximate surface area is 177 Å². The molecule has 2 aromatic rings. The first-order valence-electron chi connectivity index (χ1n) is 9.53. The lowest BCUT2D eigenvalue weighted by Gasteiger charge is -2.37. The van der Waals surface area contributed by atoms with E-state index < -0.39 is 43.3 Å². The number of carbonyl (C=O) groups is 1. The van der Waals surface area contributed by atoms with Gasteiger partial charge in [-0.15, -0.1) is 0 Å². The van der Waals surface area contributed by atoms with Crippen LogP contribution in [-0.4, -0.2) is 52.6 Å². The molecule has 1 aliphatic rings. The fourth-order valence-corrected chi connectivity index (χ4v) is 4.99. The first-order chi connectivity index (χ1) is 14.4. The number of hydrogen-bond acceptors (Lipinski definition) is 6. The van der Waals surface area contributed by atoms with E-state index in [1.807, 2.05) is 0 Å². The molecule has 0 saturated carbocycles. The molecular formula is C19H22F3N5O3S. The summed E-state index contributed by atoms with van der Waals surface area (Å²) in [6.07, 6.45) is 3.79. The van der Waals surface area contributed by atoms with Crippen LogP contribution in [0.15, 0.2) is 41.7 Å². The Balaban J connectivity index is 1.68. The minimum atomic E-state index is -4.50. The Kier molecular flexibility index (Phi) is 6.21. The quantitative estimate of drug-likeness (QED) is 0.738. The van der Waals surface area contributed by atoms with E-state index in [1.165, 1.54) is 17.3 Å². The molecule has 2 amide bonds. The van der Waals surface area contributed by atoms with Crippen LogP contribution >= 0.6 is 0 Å². The van der Waals surface area contributed by atoms with Crippen LogP contribution in [-0.2, 0) is 15.8 Å². The van der Waals surface area contributed by atoms with Crippen molar-refractivity contribution < 1.29 is 26.4 Å². The number of alkyl halides is 3. The van der Waals surface area contributed by atoms with E-state index in [1.54, 1.807) is 6.07 Å². The molecule has 12 heteroatoms. The topological polar surface area (TPSA) is 105 Å². The first kappa shape index (κ1) is 22.9. The SMILES string of the molecule is CC(F)(F)c1ccc(S(=O)(=O)C(C)(F)C2CCN(C(=O)Nc3ccnnc3)CC2)cn1. The summed E-state index contributed by atoms with van der Waals surface area (Å²) >= 11 is 0. The molecule has 1 saturated heterocycles. The molecule has 8 nitrogen and oxygen atoms in total. The molecule has 0 bridgehead atoms. The largest absolute Gasteiger partial charge is 0.325 e. The molecule has 3 rings (SSSR count). The highest BCUT2D eigenvalue weighted by molar-refractivity contribution is 7.92. The summed E-state index contributed by atoms with van der Waals surface area (Å²) in [5, 5.41) is 7.26. The minimum Gasteiger partial charge on any atom is -0.325 e. The third-order valence-corrected chi connectivity index (χ3v) is 7.62. The van der Waals surface area contributed by atoms with E-state index in [-0.39, 0.29) is 25.9 Å². The predicted molar refractivity (Wildman–Crippen MR) is 106 cm³/mol. The van der Waals surface area contributed by atoms with E-state index in [0.29, 0.717) is 12.6 Å². The average Bonchev–Trinajstić information content (AvgIpc) is 2.74. The molecule has 1 unspecified atom stereocenters. The molecule has 2 aromatic heterocycles. The molecule has 0 aliphatic carbocycles. The van der Waals surface area contributed by atoms with Crippen molar-refractivity contribution in [2.24, 2.45) is 5.92 Å². The van der Waals surface area contributed by atoms with Gasteiger partial charge in [0, 0.05) is 32.1 Å². The summed E-state index contributed by atoms with van der Waals surface area (Å²) in [7, 11) is -4.50. The van der Waals surface area contributed by atoms with Crippen molar-refractivity contribution in [2.45, 2.75) is 42.5 Å². The van der Waals surface area contributed by atoms with Gasteiger partial charge in [0.15, 0.2) is 0 Å². The monoisotopic (exact) mass is 457 g/mol. The minimum absolute atomic E-state index is 0.118. The van der Waals surface area contributed by atoms with Crippen molar-refractivity contribution in [1.29, 1.82) is 0 Å². The molecule has 1 atom stereocenters. The van der Waals surface area contributed by atoms with Gasteiger partial charge in [-0.1, -0.05) is 0 Å². The Morgan fingerprint density at radius 2 is 1.77 bits per heavy atom. The number of nitrogens with one attached hydrogen (secondary N) is 1. The molecule has 1 fully saturated rings. The maximum Gasteiger partial charge on any atom is 0.321 e. The molecule has 31 heavy (non-hydrogen) atoms. The second-order valence-electron chi connectivity index (χ2n) is 7.58. The number of urea groups is 1. The Hall–Kier alpha value is -2.76. The van der Waals surface area contributed by atoms with Gasteiger partial charge in [0.2, 0.25) is 14.8 Å². The molecule has 0 spiro atoms. The predicted octanol–water partition coefficient (Wildman–Crippen LogP) is 3.39. The highest BCUT2D eigenvalue weighted by Crippen LogP contribution is 2.39. The Morgan fingerprint density at radius 3 is 2.29 bits per heavy atom. The molecule has 1 aliphatic heterocycles. The highest BCUT2D eigenvalue weighted by atomic mass is 32.2. The summed E-state index contributed by atoms with van der Waals surface area (Å²) in [6.45, 7) is 1.91. The lowest BCUT2D eigenvalue weighted by atomic mass is 9.92. The normalized spacial score (nSPS) is 17.8. The fourth-order valence-electron chi connectivity index (χ4n) is 3.41. The highest BCUT2D eigenvalue weighted by Gasteiger charge is 2.49. The van der Waals surface area contributed by atoms with Crippen molar-refractivity contribution >= 4 is 21.6 Å². The molecule has 1 N–H and O–H groups in total. The number of hydrogen-bond donors (Lipinski definition) is 1. The van der Waals surface area contributed by atoms with Gasteiger partial charge in [-0.2, -0.15) is 19.0 Å². The van der Waals surface area contributed by atoms with Crippen LogP contribution in [0.4, 0.5) is 23.7 Å². The maximum absolute atomic E-state index is 15.6. The number of sulfone groups is 1. The van der Waals surface area contributed by atoms with Crippen molar-refractivity contribution in [3.8, 4) is 0 Å². The zero-order valence-electron chi connectivity index (χ0n) is 16.9. The zero-order valence-corrected chi connectivity index (χ0v) is 17.7. The summed E-state index contributed by atoms with van der Waals surface area (Å²) in [5.41, 5.74) is -0.149. The zero-order chi connectivity index (χ0) is 22.9. The van der Waals surface area contributed by atoms with Gasteiger partial charge in [0.05, 0.1) is 23.0 Å². The molecule has 0 aromatic carbocycles. The van der Waals surface area contributed by atoms with E-state index in [9.17, 15) is 22.0 Å². The van der Waals surface area contributed by atoms with Crippen LogP contribution in [0.3, 0.4) is 0 Å². The number of anilines is 1. The smallest absolute Gasteiger partial charge is 0.321 e.